The number of amides is 1. The van der Waals surface area contributed by atoms with E-state index in [-0.39, 0.29) is 5.57 Å². The average molecular weight is 362 g/mol. The molecule has 0 spiro atoms. The molecule has 5 nitrogen and oxygen atoms in total. The third-order valence-corrected chi connectivity index (χ3v) is 4.86. The smallest absolute Gasteiger partial charge is 0.262 e. The lowest BCUT2D eigenvalue weighted by atomic mass is 10.0. The Labute approximate surface area is 156 Å². The quantitative estimate of drug-likeness (QED) is 0.515. The van der Waals surface area contributed by atoms with Gasteiger partial charge in [0.05, 0.1) is 18.4 Å². The number of aromatic amines is 1. The number of H-pyrrole nitrogens is 1. The number of carbonyl (C=O) groups excluding carboxylic acids is 1. The maximum Gasteiger partial charge on any atom is 0.262 e. The summed E-state index contributed by atoms with van der Waals surface area (Å²) in [5, 5.41) is 21.1. The van der Waals surface area contributed by atoms with Gasteiger partial charge in [0.25, 0.3) is 5.91 Å². The Morgan fingerprint density at radius 1 is 1.35 bits per heavy atom. The first kappa shape index (κ1) is 17.6. The van der Waals surface area contributed by atoms with Gasteiger partial charge >= 0.3 is 0 Å². The summed E-state index contributed by atoms with van der Waals surface area (Å²) in [7, 11) is 0. The van der Waals surface area contributed by atoms with Gasteiger partial charge in [0, 0.05) is 16.0 Å². The SMILES string of the molecule is CCc1ccc(-c2[nH]ncc2C=C(C#N)C(=O)NCc2cccs2)cc1. The molecule has 0 fully saturated rings. The van der Waals surface area contributed by atoms with Crippen molar-refractivity contribution in [1.29, 1.82) is 5.26 Å². The van der Waals surface area contributed by atoms with E-state index >= 15 is 0 Å². The molecule has 3 rings (SSSR count). The molecule has 2 heterocycles. The number of carbonyl (C=O) groups is 1. The van der Waals surface area contributed by atoms with Crippen LogP contribution in [0.2, 0.25) is 0 Å². The highest BCUT2D eigenvalue weighted by Crippen LogP contribution is 2.23. The van der Waals surface area contributed by atoms with Gasteiger partial charge in [0.1, 0.15) is 11.6 Å². The van der Waals surface area contributed by atoms with Crippen molar-refractivity contribution in [2.75, 3.05) is 0 Å². The summed E-state index contributed by atoms with van der Waals surface area (Å²) < 4.78 is 0. The first-order valence-corrected chi connectivity index (χ1v) is 9.14. The molecule has 0 saturated carbocycles. The van der Waals surface area contributed by atoms with Crippen LogP contribution in [0.1, 0.15) is 22.9 Å². The molecule has 0 aliphatic heterocycles. The van der Waals surface area contributed by atoms with Gasteiger partial charge in [0.15, 0.2) is 0 Å². The van der Waals surface area contributed by atoms with Crippen molar-refractivity contribution < 1.29 is 4.79 Å². The second-order valence-electron chi connectivity index (χ2n) is 5.68. The summed E-state index contributed by atoms with van der Waals surface area (Å²) in [5.41, 5.74) is 3.75. The van der Waals surface area contributed by atoms with Crippen LogP contribution in [0.25, 0.3) is 17.3 Å². The Morgan fingerprint density at radius 2 is 2.15 bits per heavy atom. The minimum absolute atomic E-state index is 0.0504. The molecule has 0 radical (unpaired) electrons. The van der Waals surface area contributed by atoms with Crippen LogP contribution in [0.15, 0.2) is 53.5 Å². The standard InChI is InChI=1S/C20H18N4OS/c1-2-14-5-7-15(8-6-14)19-17(12-23-24-19)10-16(11-21)20(25)22-13-18-4-3-9-26-18/h3-10,12H,2,13H2,1H3,(H,22,25)(H,23,24). The van der Waals surface area contributed by atoms with Crippen LogP contribution in [0, 0.1) is 11.3 Å². The Kier molecular flexibility index (Phi) is 5.62. The van der Waals surface area contributed by atoms with Crippen molar-refractivity contribution in [3.63, 3.8) is 0 Å². The maximum atomic E-state index is 12.3. The van der Waals surface area contributed by atoms with Crippen molar-refractivity contribution >= 4 is 23.3 Å². The van der Waals surface area contributed by atoms with E-state index in [0.29, 0.717) is 12.1 Å². The molecule has 0 aliphatic rings. The Hall–Kier alpha value is -3.17. The van der Waals surface area contributed by atoms with Gasteiger partial charge < -0.3 is 5.32 Å². The number of benzene rings is 1. The molecule has 2 N–H and O–H groups in total. The Bertz CT molecular complexity index is 947. The summed E-state index contributed by atoms with van der Waals surface area (Å²) in [6.45, 7) is 2.51. The van der Waals surface area contributed by atoms with E-state index in [1.807, 2.05) is 35.7 Å². The van der Waals surface area contributed by atoms with Gasteiger partial charge in [0.2, 0.25) is 0 Å². The molecule has 26 heavy (non-hydrogen) atoms. The fraction of sp³-hybridized carbons (Fsp3) is 0.150. The molecular formula is C20H18N4OS. The minimum atomic E-state index is -0.394. The highest BCUT2D eigenvalue weighted by molar-refractivity contribution is 7.09. The number of nitriles is 1. The second kappa shape index (κ2) is 8.28. The van der Waals surface area contributed by atoms with Crippen LogP contribution >= 0.6 is 11.3 Å². The number of nitrogens with zero attached hydrogens (tertiary/aromatic N) is 2. The summed E-state index contributed by atoms with van der Waals surface area (Å²) in [6, 6.07) is 14.0. The monoisotopic (exact) mass is 362 g/mol. The topological polar surface area (TPSA) is 81.6 Å². The predicted molar refractivity (Wildman–Crippen MR) is 103 cm³/mol. The molecule has 3 aromatic rings. The van der Waals surface area contributed by atoms with Crippen LogP contribution in [0.4, 0.5) is 0 Å². The van der Waals surface area contributed by atoms with E-state index in [1.54, 1.807) is 23.6 Å². The van der Waals surface area contributed by atoms with E-state index in [9.17, 15) is 10.1 Å². The van der Waals surface area contributed by atoms with E-state index in [0.717, 1.165) is 22.6 Å². The number of rotatable bonds is 6. The summed E-state index contributed by atoms with van der Waals surface area (Å²) in [4.78, 5) is 13.3. The maximum absolute atomic E-state index is 12.3. The number of hydrogen-bond acceptors (Lipinski definition) is 4. The lowest BCUT2D eigenvalue weighted by molar-refractivity contribution is -0.117. The molecule has 0 unspecified atom stereocenters. The molecule has 6 heteroatoms. The fourth-order valence-electron chi connectivity index (χ4n) is 2.52. The highest BCUT2D eigenvalue weighted by atomic mass is 32.1. The van der Waals surface area contributed by atoms with Crippen LogP contribution in [0.3, 0.4) is 0 Å². The number of thiophene rings is 1. The van der Waals surface area contributed by atoms with Crippen LogP contribution < -0.4 is 5.32 Å². The zero-order valence-electron chi connectivity index (χ0n) is 14.3. The van der Waals surface area contributed by atoms with Crippen molar-refractivity contribution in [2.45, 2.75) is 19.9 Å². The molecule has 0 bridgehead atoms. The minimum Gasteiger partial charge on any atom is -0.347 e. The molecule has 1 aromatic carbocycles. The van der Waals surface area contributed by atoms with Crippen molar-refractivity contribution in [2.24, 2.45) is 0 Å². The fourth-order valence-corrected chi connectivity index (χ4v) is 3.17. The number of nitrogens with one attached hydrogen (secondary N) is 2. The first-order valence-electron chi connectivity index (χ1n) is 8.26. The van der Waals surface area contributed by atoms with Gasteiger partial charge in [-0.3, -0.25) is 9.89 Å². The third kappa shape index (κ3) is 4.08. The number of aryl methyl sites for hydroxylation is 1. The van der Waals surface area contributed by atoms with Gasteiger partial charge in [-0.25, -0.2) is 0 Å². The summed E-state index contributed by atoms with van der Waals surface area (Å²) >= 11 is 1.56. The molecule has 1 amide bonds. The lowest BCUT2D eigenvalue weighted by Gasteiger charge is -2.04. The van der Waals surface area contributed by atoms with Gasteiger partial charge in [-0.2, -0.15) is 10.4 Å². The Morgan fingerprint density at radius 3 is 2.81 bits per heavy atom. The zero-order valence-corrected chi connectivity index (χ0v) is 15.1. The average Bonchev–Trinajstić information content (AvgIpc) is 3.36. The van der Waals surface area contributed by atoms with Crippen LogP contribution in [0.5, 0.6) is 0 Å². The largest absolute Gasteiger partial charge is 0.347 e. The number of hydrogen-bond donors (Lipinski definition) is 2. The van der Waals surface area contributed by atoms with Gasteiger partial charge in [-0.1, -0.05) is 37.3 Å². The normalized spacial score (nSPS) is 11.2. The van der Waals surface area contributed by atoms with Gasteiger partial charge in [-0.05, 0) is 29.5 Å². The summed E-state index contributed by atoms with van der Waals surface area (Å²) in [6.07, 6.45) is 4.16. The van der Waals surface area contributed by atoms with E-state index < -0.39 is 5.91 Å². The first-order chi connectivity index (χ1) is 12.7. The van der Waals surface area contributed by atoms with E-state index in [4.69, 9.17) is 0 Å². The van der Waals surface area contributed by atoms with Crippen LogP contribution in [-0.4, -0.2) is 16.1 Å². The highest BCUT2D eigenvalue weighted by Gasteiger charge is 2.12. The van der Waals surface area contributed by atoms with E-state index in [2.05, 4.69) is 34.6 Å². The lowest BCUT2D eigenvalue weighted by Crippen LogP contribution is -2.23. The second-order valence-corrected chi connectivity index (χ2v) is 6.71. The predicted octanol–water partition coefficient (Wildman–Crippen LogP) is 3.92. The molecule has 0 saturated heterocycles. The molecule has 0 atom stereocenters. The Balaban J connectivity index is 1.80. The third-order valence-electron chi connectivity index (χ3n) is 3.99. The van der Waals surface area contributed by atoms with Crippen molar-refractivity contribution in [3.8, 4) is 17.3 Å². The number of aromatic nitrogens is 2. The molecule has 0 aliphatic carbocycles. The van der Waals surface area contributed by atoms with E-state index in [1.165, 1.54) is 5.56 Å². The molecule has 2 aromatic heterocycles. The molecular weight excluding hydrogens is 344 g/mol. The molecule has 130 valence electrons. The van der Waals surface area contributed by atoms with Crippen molar-refractivity contribution in [1.82, 2.24) is 15.5 Å². The van der Waals surface area contributed by atoms with Crippen molar-refractivity contribution in [3.05, 3.63) is 69.6 Å². The van der Waals surface area contributed by atoms with Gasteiger partial charge in [-0.15, -0.1) is 11.3 Å². The van der Waals surface area contributed by atoms with Crippen LogP contribution in [-0.2, 0) is 17.8 Å². The summed E-state index contributed by atoms with van der Waals surface area (Å²) in [5.74, 6) is -0.394. The zero-order chi connectivity index (χ0) is 18.4.